The minimum Gasteiger partial charge on any atom is -0.379 e. The van der Waals surface area contributed by atoms with Gasteiger partial charge >= 0.3 is 0 Å². The standard InChI is InChI=1S/C23H28N8O/c1-2-16-21(23(32)31-11-9-24-10-12-31)30-19-13-15(3-5-17(19)29-16)4-6-18-20-22(28-14-27-18)26-8-7-25-20/h3,5,13-14,24-25H,2,4,6-12H2,1H3,(H,26,27,28). The zero-order valence-electron chi connectivity index (χ0n) is 18.3. The maximum absolute atomic E-state index is 13.1. The van der Waals surface area contributed by atoms with E-state index in [0.29, 0.717) is 25.2 Å². The van der Waals surface area contributed by atoms with Crippen molar-refractivity contribution in [3.05, 3.63) is 47.2 Å². The molecule has 3 aromatic rings. The van der Waals surface area contributed by atoms with Gasteiger partial charge in [-0.15, -0.1) is 0 Å². The Bertz CT molecular complexity index is 1140. The van der Waals surface area contributed by atoms with Crippen LogP contribution in [0.5, 0.6) is 0 Å². The van der Waals surface area contributed by atoms with E-state index in [-0.39, 0.29) is 5.91 Å². The number of nitrogens with one attached hydrogen (secondary N) is 3. The fourth-order valence-corrected chi connectivity index (χ4v) is 4.29. The summed E-state index contributed by atoms with van der Waals surface area (Å²) in [5, 5.41) is 10.00. The largest absolute Gasteiger partial charge is 0.379 e. The monoisotopic (exact) mass is 432 g/mol. The molecule has 166 valence electrons. The quantitative estimate of drug-likeness (QED) is 0.559. The lowest BCUT2D eigenvalue weighted by atomic mass is 10.1. The lowest BCUT2D eigenvalue weighted by Gasteiger charge is -2.27. The highest BCUT2D eigenvalue weighted by Gasteiger charge is 2.23. The van der Waals surface area contributed by atoms with Crippen LogP contribution in [0.2, 0.25) is 0 Å². The molecule has 4 heterocycles. The molecule has 0 radical (unpaired) electrons. The van der Waals surface area contributed by atoms with Gasteiger partial charge in [-0.1, -0.05) is 13.0 Å². The zero-order chi connectivity index (χ0) is 21.9. The minimum absolute atomic E-state index is 0.0191. The van der Waals surface area contributed by atoms with E-state index < -0.39 is 0 Å². The van der Waals surface area contributed by atoms with Crippen molar-refractivity contribution < 1.29 is 4.79 Å². The van der Waals surface area contributed by atoms with E-state index >= 15 is 0 Å². The van der Waals surface area contributed by atoms with Crippen molar-refractivity contribution in [3.8, 4) is 0 Å². The van der Waals surface area contributed by atoms with E-state index in [0.717, 1.165) is 78.5 Å². The smallest absolute Gasteiger partial charge is 0.274 e. The molecule has 1 aromatic carbocycles. The number of carbonyl (C=O) groups excluding carboxylic acids is 1. The highest BCUT2D eigenvalue weighted by atomic mass is 16.2. The summed E-state index contributed by atoms with van der Waals surface area (Å²) in [5.41, 5.74) is 5.99. The van der Waals surface area contributed by atoms with Crippen molar-refractivity contribution in [1.29, 1.82) is 0 Å². The third kappa shape index (κ3) is 4.08. The molecule has 9 nitrogen and oxygen atoms in total. The summed E-state index contributed by atoms with van der Waals surface area (Å²) < 4.78 is 0. The number of hydrogen-bond acceptors (Lipinski definition) is 8. The second-order valence-corrected chi connectivity index (χ2v) is 8.14. The Balaban J connectivity index is 1.40. The van der Waals surface area contributed by atoms with E-state index in [4.69, 9.17) is 9.97 Å². The first-order valence-corrected chi connectivity index (χ1v) is 11.3. The minimum atomic E-state index is -0.0191. The number of carbonyl (C=O) groups is 1. The lowest BCUT2D eigenvalue weighted by Crippen LogP contribution is -2.46. The maximum Gasteiger partial charge on any atom is 0.274 e. The molecule has 0 aliphatic carbocycles. The van der Waals surface area contributed by atoms with Crippen molar-refractivity contribution in [2.45, 2.75) is 26.2 Å². The van der Waals surface area contributed by atoms with Crippen molar-refractivity contribution in [2.24, 2.45) is 0 Å². The van der Waals surface area contributed by atoms with E-state index in [2.05, 4.69) is 38.1 Å². The van der Waals surface area contributed by atoms with Gasteiger partial charge in [0.05, 0.1) is 28.1 Å². The topological polar surface area (TPSA) is 108 Å². The molecule has 9 heteroatoms. The number of nitrogens with zero attached hydrogens (tertiary/aromatic N) is 5. The zero-order valence-corrected chi connectivity index (χ0v) is 18.3. The van der Waals surface area contributed by atoms with Crippen LogP contribution in [0.4, 0.5) is 11.5 Å². The Morgan fingerprint density at radius 1 is 0.969 bits per heavy atom. The molecule has 2 aromatic heterocycles. The lowest BCUT2D eigenvalue weighted by molar-refractivity contribution is 0.0728. The van der Waals surface area contributed by atoms with Gasteiger partial charge in [-0.05, 0) is 37.0 Å². The van der Waals surface area contributed by atoms with Gasteiger partial charge in [0.1, 0.15) is 6.33 Å². The van der Waals surface area contributed by atoms with Gasteiger partial charge < -0.3 is 20.9 Å². The molecule has 0 unspecified atom stereocenters. The van der Waals surface area contributed by atoms with Gasteiger partial charge in [0.25, 0.3) is 5.91 Å². The molecule has 32 heavy (non-hydrogen) atoms. The third-order valence-electron chi connectivity index (χ3n) is 6.04. The summed E-state index contributed by atoms with van der Waals surface area (Å²) in [6.45, 7) is 6.78. The predicted octanol–water partition coefficient (Wildman–Crippen LogP) is 1.65. The SMILES string of the molecule is CCc1nc2ccc(CCc3ncnc4c3NCCN4)cc2nc1C(=O)N1CCNCC1. The normalized spacial score (nSPS) is 15.7. The number of benzene rings is 1. The van der Waals surface area contributed by atoms with Crippen LogP contribution in [0.15, 0.2) is 24.5 Å². The summed E-state index contributed by atoms with van der Waals surface area (Å²) in [6, 6.07) is 6.15. The molecule has 2 aliphatic rings. The van der Waals surface area contributed by atoms with Gasteiger partial charge in [-0.25, -0.2) is 19.9 Å². The van der Waals surface area contributed by atoms with Gasteiger partial charge in [0, 0.05) is 39.3 Å². The fraction of sp³-hybridized carbons (Fsp3) is 0.435. The van der Waals surface area contributed by atoms with Crippen molar-refractivity contribution >= 4 is 28.4 Å². The molecular formula is C23H28N8O. The van der Waals surface area contributed by atoms with Crippen LogP contribution in [-0.2, 0) is 19.3 Å². The Morgan fingerprint density at radius 2 is 1.81 bits per heavy atom. The molecule has 5 rings (SSSR count). The number of fused-ring (bicyclic) bond motifs is 2. The van der Waals surface area contributed by atoms with Gasteiger partial charge in [-0.3, -0.25) is 4.79 Å². The summed E-state index contributed by atoms with van der Waals surface area (Å²) in [4.78, 5) is 33.3. The Labute approximate surface area is 187 Å². The van der Waals surface area contributed by atoms with E-state index in [1.165, 1.54) is 0 Å². The summed E-state index contributed by atoms with van der Waals surface area (Å²) in [6.07, 6.45) is 3.90. The van der Waals surface area contributed by atoms with E-state index in [1.807, 2.05) is 17.9 Å². The van der Waals surface area contributed by atoms with Gasteiger partial charge in [0.2, 0.25) is 0 Å². The second kappa shape index (κ2) is 9.04. The molecule has 1 saturated heterocycles. The Morgan fingerprint density at radius 3 is 2.66 bits per heavy atom. The van der Waals surface area contributed by atoms with E-state index in [9.17, 15) is 4.79 Å². The Kier molecular flexibility index (Phi) is 5.81. The molecule has 1 amide bonds. The molecule has 2 aliphatic heterocycles. The van der Waals surface area contributed by atoms with Crippen molar-refractivity contribution in [2.75, 3.05) is 49.9 Å². The number of hydrogen-bond donors (Lipinski definition) is 3. The van der Waals surface area contributed by atoms with Crippen LogP contribution in [0.3, 0.4) is 0 Å². The highest BCUT2D eigenvalue weighted by Crippen LogP contribution is 2.26. The number of aryl methyl sites for hydroxylation is 3. The first-order chi connectivity index (χ1) is 15.7. The summed E-state index contributed by atoms with van der Waals surface area (Å²) in [7, 11) is 0. The molecule has 1 fully saturated rings. The van der Waals surface area contributed by atoms with Crippen LogP contribution < -0.4 is 16.0 Å². The summed E-state index contributed by atoms with van der Waals surface area (Å²) in [5.74, 6) is 0.850. The first-order valence-electron chi connectivity index (χ1n) is 11.3. The fourth-order valence-electron chi connectivity index (χ4n) is 4.29. The molecule has 0 spiro atoms. The average molecular weight is 433 g/mol. The maximum atomic E-state index is 13.1. The average Bonchev–Trinajstić information content (AvgIpc) is 2.86. The number of rotatable bonds is 5. The number of piperazine rings is 1. The van der Waals surface area contributed by atoms with E-state index in [1.54, 1.807) is 6.33 Å². The molecule has 3 N–H and O–H groups in total. The Hall–Kier alpha value is -3.33. The van der Waals surface area contributed by atoms with Crippen LogP contribution in [0, 0.1) is 0 Å². The number of amides is 1. The van der Waals surface area contributed by atoms with Crippen LogP contribution in [-0.4, -0.2) is 70.0 Å². The molecular weight excluding hydrogens is 404 g/mol. The van der Waals surface area contributed by atoms with Crippen molar-refractivity contribution in [3.63, 3.8) is 0 Å². The van der Waals surface area contributed by atoms with Crippen LogP contribution in [0.25, 0.3) is 11.0 Å². The van der Waals surface area contributed by atoms with Crippen LogP contribution in [0.1, 0.15) is 34.4 Å². The van der Waals surface area contributed by atoms with Gasteiger partial charge in [-0.2, -0.15) is 0 Å². The third-order valence-corrected chi connectivity index (χ3v) is 6.04. The molecule has 0 atom stereocenters. The molecule has 0 saturated carbocycles. The highest BCUT2D eigenvalue weighted by molar-refractivity contribution is 5.95. The summed E-state index contributed by atoms with van der Waals surface area (Å²) >= 11 is 0. The number of aromatic nitrogens is 4. The van der Waals surface area contributed by atoms with Crippen LogP contribution >= 0.6 is 0 Å². The first kappa shape index (κ1) is 20.6. The van der Waals surface area contributed by atoms with Gasteiger partial charge in [0.15, 0.2) is 11.5 Å². The second-order valence-electron chi connectivity index (χ2n) is 8.14. The number of anilines is 2. The predicted molar refractivity (Wildman–Crippen MR) is 124 cm³/mol. The van der Waals surface area contributed by atoms with Crippen molar-refractivity contribution in [1.82, 2.24) is 30.2 Å². The molecule has 0 bridgehead atoms.